The molecule has 1 aliphatic heterocycles. The number of hydrogen-bond donors (Lipinski definition) is 3. The fourth-order valence-corrected chi connectivity index (χ4v) is 9.32. The van der Waals surface area contributed by atoms with Gasteiger partial charge in [-0.2, -0.15) is 0 Å². The summed E-state index contributed by atoms with van der Waals surface area (Å²) in [6.45, 7) is 9.04. The lowest BCUT2D eigenvalue weighted by atomic mass is 9.86. The first kappa shape index (κ1) is 30.7. The Morgan fingerprint density at radius 1 is 1.20 bits per heavy atom. The largest absolute Gasteiger partial charge is 0.497 e. The van der Waals surface area contributed by atoms with Crippen molar-refractivity contribution in [3.05, 3.63) is 59.9 Å². The second kappa shape index (κ2) is 13.2. The number of hydrogen-bond acceptors (Lipinski definition) is 8. The highest BCUT2D eigenvalue weighted by atomic mass is 28.3. The Balaban J connectivity index is 1.68. The summed E-state index contributed by atoms with van der Waals surface area (Å²) in [5, 5.41) is 31.5. The molecule has 0 spiro atoms. The van der Waals surface area contributed by atoms with Crippen LogP contribution < -0.4 is 20.0 Å². The van der Waals surface area contributed by atoms with Crippen molar-refractivity contribution in [3.63, 3.8) is 0 Å². The smallest absolute Gasteiger partial charge is 0.252 e. The normalized spacial score (nSPS) is 20.0. The number of amides is 1. The number of aryl methyl sites for hydroxylation is 1. The van der Waals surface area contributed by atoms with Crippen LogP contribution in [0.15, 0.2) is 48.7 Å². The van der Waals surface area contributed by atoms with Gasteiger partial charge in [-0.1, -0.05) is 42.6 Å². The molecule has 0 radical (unpaired) electrons. The van der Waals surface area contributed by atoms with Gasteiger partial charge in [0.1, 0.15) is 23.7 Å². The van der Waals surface area contributed by atoms with Gasteiger partial charge in [0, 0.05) is 50.0 Å². The van der Waals surface area contributed by atoms with Crippen LogP contribution in [0, 0.1) is 5.92 Å². The van der Waals surface area contributed by atoms with E-state index >= 15 is 0 Å². The van der Waals surface area contributed by atoms with E-state index in [2.05, 4.69) is 47.8 Å². The first-order valence-electron chi connectivity index (χ1n) is 14.1. The van der Waals surface area contributed by atoms with E-state index in [-0.39, 0.29) is 30.3 Å². The summed E-state index contributed by atoms with van der Waals surface area (Å²) in [6, 6.07) is 13.9. The predicted molar refractivity (Wildman–Crippen MR) is 159 cm³/mol. The van der Waals surface area contributed by atoms with Crippen molar-refractivity contribution in [1.29, 1.82) is 0 Å². The molecular formula is C30H42N4O6Si. The third-order valence-electron chi connectivity index (χ3n) is 8.26. The first-order valence-corrected chi connectivity index (χ1v) is 17.1. The minimum Gasteiger partial charge on any atom is -0.497 e. The predicted octanol–water partition coefficient (Wildman–Crippen LogP) is 3.30. The minimum absolute atomic E-state index is 0.00550. The molecule has 3 N–H and O–H groups in total. The van der Waals surface area contributed by atoms with Crippen molar-refractivity contribution >= 4 is 24.9 Å². The number of aliphatic hydroxyl groups is 2. The van der Waals surface area contributed by atoms with Crippen molar-refractivity contribution in [2.45, 2.75) is 70.2 Å². The van der Waals surface area contributed by atoms with Gasteiger partial charge in [-0.25, -0.2) is 0 Å². The standard InChI is InChI=1S/C30H42N4O6Si/c1-19-28(39-4)25-17-21(31-30(37)20(2)36)7-12-26(25)40-29(19)27(13-15-34-18-22(14-16-35)32-33-34)41(5,6)24-10-8-23(38-3)9-11-24/h7-12,17-20,27-29,35-36H,13-16H2,1-6H3,(H,31,37)/t19-,20+,27?,28-,29-/m1/s1. The molecule has 222 valence electrons. The Hall–Kier alpha value is -3.25. The van der Waals surface area contributed by atoms with Crippen molar-refractivity contribution in [3.8, 4) is 11.5 Å². The highest BCUT2D eigenvalue weighted by Gasteiger charge is 2.47. The Bertz CT molecular complexity index is 1310. The SMILES string of the molecule is COc1ccc([Si](C)(C)C(CCn2cc(CCO)nn2)[C@@H]2Oc3ccc(NC(=O)[C@H](C)O)cc3[C@H](OC)[C@H]2C)cc1. The van der Waals surface area contributed by atoms with Gasteiger partial charge in [-0.05, 0) is 49.2 Å². The molecule has 0 bridgehead atoms. The number of benzene rings is 2. The molecule has 0 saturated heterocycles. The van der Waals surface area contributed by atoms with Gasteiger partial charge in [0.15, 0.2) is 0 Å². The fraction of sp³-hybridized carbons (Fsp3) is 0.500. The van der Waals surface area contributed by atoms with E-state index in [4.69, 9.17) is 14.2 Å². The molecule has 1 aromatic heterocycles. The molecule has 2 heterocycles. The lowest BCUT2D eigenvalue weighted by Crippen LogP contribution is -2.54. The van der Waals surface area contributed by atoms with Gasteiger partial charge < -0.3 is 29.7 Å². The van der Waals surface area contributed by atoms with Crippen molar-refractivity contribution < 1.29 is 29.2 Å². The molecule has 0 fully saturated rings. The molecule has 1 aliphatic rings. The monoisotopic (exact) mass is 582 g/mol. The maximum Gasteiger partial charge on any atom is 0.252 e. The summed E-state index contributed by atoms with van der Waals surface area (Å²) in [7, 11) is 1.21. The van der Waals surface area contributed by atoms with Gasteiger partial charge in [0.2, 0.25) is 0 Å². The topological polar surface area (TPSA) is 128 Å². The van der Waals surface area contributed by atoms with E-state index in [0.29, 0.717) is 18.7 Å². The maximum absolute atomic E-state index is 12.1. The second-order valence-corrected chi connectivity index (χ2v) is 16.1. The van der Waals surface area contributed by atoms with Crippen LogP contribution in [0.2, 0.25) is 18.6 Å². The summed E-state index contributed by atoms with van der Waals surface area (Å²) < 4.78 is 20.2. The highest BCUT2D eigenvalue weighted by Crippen LogP contribution is 2.47. The van der Waals surface area contributed by atoms with Gasteiger partial charge in [-0.3, -0.25) is 9.48 Å². The molecule has 0 aliphatic carbocycles. The molecule has 3 aromatic rings. The lowest BCUT2D eigenvalue weighted by Gasteiger charge is -2.46. The Labute approximate surface area is 242 Å². The fourth-order valence-electron chi connectivity index (χ4n) is 5.82. The third kappa shape index (κ3) is 6.80. The summed E-state index contributed by atoms with van der Waals surface area (Å²) in [6.07, 6.45) is 1.68. The number of nitrogens with zero attached hydrogens (tertiary/aromatic N) is 3. The number of carbonyl (C=O) groups excluding carboxylic acids is 1. The molecule has 4 rings (SSSR count). The second-order valence-electron chi connectivity index (χ2n) is 11.3. The molecule has 0 saturated carbocycles. The molecule has 2 aromatic carbocycles. The van der Waals surface area contributed by atoms with Crippen molar-refractivity contribution in [2.75, 3.05) is 26.1 Å². The van der Waals surface area contributed by atoms with E-state index < -0.39 is 20.1 Å². The van der Waals surface area contributed by atoms with Gasteiger partial charge >= 0.3 is 0 Å². The van der Waals surface area contributed by atoms with E-state index in [1.54, 1.807) is 20.3 Å². The number of fused-ring (bicyclic) bond motifs is 1. The number of methoxy groups -OCH3 is 2. The van der Waals surface area contributed by atoms with Crippen LogP contribution in [0.4, 0.5) is 5.69 Å². The Morgan fingerprint density at radius 3 is 2.56 bits per heavy atom. The number of aliphatic hydroxyl groups excluding tert-OH is 2. The summed E-state index contributed by atoms with van der Waals surface area (Å²) in [5.74, 6) is 1.09. The zero-order valence-corrected chi connectivity index (χ0v) is 25.7. The summed E-state index contributed by atoms with van der Waals surface area (Å²) in [5.41, 5.74) is 2.40. The Kier molecular flexibility index (Phi) is 9.85. The Morgan fingerprint density at radius 2 is 1.93 bits per heavy atom. The molecular weight excluding hydrogens is 540 g/mol. The van der Waals surface area contributed by atoms with Crippen LogP contribution in [0.5, 0.6) is 11.5 Å². The number of carbonyl (C=O) groups is 1. The van der Waals surface area contributed by atoms with Crippen LogP contribution in [0.25, 0.3) is 0 Å². The third-order valence-corrected chi connectivity index (χ3v) is 12.5. The summed E-state index contributed by atoms with van der Waals surface area (Å²) in [4.78, 5) is 12.1. The molecule has 41 heavy (non-hydrogen) atoms. The zero-order chi connectivity index (χ0) is 29.7. The maximum atomic E-state index is 12.1. The number of aromatic nitrogens is 3. The highest BCUT2D eigenvalue weighted by molar-refractivity contribution is 6.91. The molecule has 11 heteroatoms. The minimum atomic E-state index is -2.17. The van der Waals surface area contributed by atoms with Gasteiger partial charge in [-0.15, -0.1) is 5.10 Å². The quantitative estimate of drug-likeness (QED) is 0.278. The number of ether oxygens (including phenoxy) is 3. The van der Waals surface area contributed by atoms with Gasteiger partial charge in [0.25, 0.3) is 5.91 Å². The lowest BCUT2D eigenvalue weighted by molar-refractivity contribution is -0.123. The van der Waals surface area contributed by atoms with E-state index in [9.17, 15) is 15.0 Å². The van der Waals surface area contributed by atoms with Crippen LogP contribution in [-0.2, 0) is 22.5 Å². The van der Waals surface area contributed by atoms with E-state index in [1.807, 2.05) is 35.1 Å². The van der Waals surface area contributed by atoms with Crippen molar-refractivity contribution in [1.82, 2.24) is 15.0 Å². The van der Waals surface area contributed by atoms with Crippen LogP contribution in [0.3, 0.4) is 0 Å². The molecule has 5 atom stereocenters. The van der Waals surface area contributed by atoms with Crippen LogP contribution in [-0.4, -0.2) is 72.2 Å². The molecule has 1 amide bonds. The first-order chi connectivity index (χ1) is 19.6. The van der Waals surface area contributed by atoms with Crippen LogP contribution in [0.1, 0.15) is 37.6 Å². The van der Waals surface area contributed by atoms with Gasteiger partial charge in [0.05, 0.1) is 27.0 Å². The molecule has 10 nitrogen and oxygen atoms in total. The number of anilines is 1. The summed E-state index contributed by atoms with van der Waals surface area (Å²) >= 11 is 0. The van der Waals surface area contributed by atoms with E-state index in [1.165, 1.54) is 12.1 Å². The van der Waals surface area contributed by atoms with Crippen LogP contribution >= 0.6 is 0 Å². The number of nitrogens with one attached hydrogen (secondary N) is 1. The van der Waals surface area contributed by atoms with E-state index in [0.717, 1.165) is 29.2 Å². The van der Waals surface area contributed by atoms with Crippen molar-refractivity contribution in [2.24, 2.45) is 5.92 Å². The zero-order valence-electron chi connectivity index (χ0n) is 24.7. The average Bonchev–Trinajstić information content (AvgIpc) is 3.40. The number of rotatable bonds is 12. The molecule has 1 unspecified atom stereocenters. The average molecular weight is 583 g/mol.